The van der Waals surface area contributed by atoms with Gasteiger partial charge in [0.2, 0.25) is 21.8 Å². The van der Waals surface area contributed by atoms with Crippen molar-refractivity contribution < 1.29 is 18.0 Å². The van der Waals surface area contributed by atoms with E-state index in [1.807, 2.05) is 71.0 Å². The van der Waals surface area contributed by atoms with Gasteiger partial charge in [-0.15, -0.1) is 0 Å². The summed E-state index contributed by atoms with van der Waals surface area (Å²) in [6.07, 6.45) is 3.00. The van der Waals surface area contributed by atoms with Gasteiger partial charge in [0.15, 0.2) is 0 Å². The molecule has 0 saturated carbocycles. The first kappa shape index (κ1) is 29.4. The molecular weight excluding hydrogens is 474 g/mol. The molecule has 7 nitrogen and oxygen atoms in total. The van der Waals surface area contributed by atoms with Crippen molar-refractivity contribution in [3.05, 3.63) is 65.2 Å². The number of carbonyl (C=O) groups excluding carboxylic acids is 2. The van der Waals surface area contributed by atoms with E-state index in [2.05, 4.69) is 5.32 Å². The van der Waals surface area contributed by atoms with Gasteiger partial charge in [-0.1, -0.05) is 55.8 Å². The predicted octanol–water partition coefficient (Wildman–Crippen LogP) is 4.44. The van der Waals surface area contributed by atoms with Gasteiger partial charge in [0, 0.05) is 25.6 Å². The number of anilines is 1. The van der Waals surface area contributed by atoms with Crippen molar-refractivity contribution in [2.45, 2.75) is 78.9 Å². The van der Waals surface area contributed by atoms with Crippen LogP contribution in [-0.2, 0) is 32.6 Å². The molecule has 0 aliphatic heterocycles. The molecule has 0 aliphatic rings. The average Bonchev–Trinajstić information content (AvgIpc) is 2.81. The summed E-state index contributed by atoms with van der Waals surface area (Å²) in [6.45, 7) is 10.2. The third-order valence-electron chi connectivity index (χ3n) is 6.08. The molecule has 0 aliphatic carbocycles. The van der Waals surface area contributed by atoms with Crippen LogP contribution in [0.3, 0.4) is 0 Å². The van der Waals surface area contributed by atoms with Crippen LogP contribution in [0.15, 0.2) is 48.5 Å². The number of sulfonamides is 1. The van der Waals surface area contributed by atoms with E-state index in [0.717, 1.165) is 23.1 Å². The summed E-state index contributed by atoms with van der Waals surface area (Å²) in [4.78, 5) is 28.0. The number of rotatable bonds is 13. The van der Waals surface area contributed by atoms with E-state index in [1.54, 1.807) is 17.0 Å². The predicted molar refractivity (Wildman–Crippen MR) is 146 cm³/mol. The molecule has 1 N–H and O–H groups in total. The molecule has 1 atom stereocenters. The Balaban J connectivity index is 2.20. The molecule has 0 unspecified atom stereocenters. The highest BCUT2D eigenvalue weighted by atomic mass is 32.2. The molecular formula is C28H41N3O4S. The zero-order valence-corrected chi connectivity index (χ0v) is 23.3. The summed E-state index contributed by atoms with van der Waals surface area (Å²) in [6, 6.07) is 14.7. The van der Waals surface area contributed by atoms with Crippen LogP contribution >= 0.6 is 0 Å². The third kappa shape index (κ3) is 8.66. The number of nitrogens with one attached hydrogen (secondary N) is 1. The summed E-state index contributed by atoms with van der Waals surface area (Å²) in [5.74, 6) is -0.349. The first-order valence-electron chi connectivity index (χ1n) is 12.7. The topological polar surface area (TPSA) is 86.8 Å². The Bertz CT molecular complexity index is 1100. The third-order valence-corrected chi connectivity index (χ3v) is 7.27. The number of aryl methyl sites for hydroxylation is 2. The van der Waals surface area contributed by atoms with Crippen LogP contribution in [0.1, 0.15) is 63.6 Å². The summed E-state index contributed by atoms with van der Waals surface area (Å²) < 4.78 is 26.3. The van der Waals surface area contributed by atoms with E-state index in [9.17, 15) is 18.0 Å². The van der Waals surface area contributed by atoms with Crippen LogP contribution in [0.5, 0.6) is 0 Å². The normalized spacial score (nSPS) is 12.3. The fourth-order valence-corrected chi connectivity index (χ4v) is 5.06. The van der Waals surface area contributed by atoms with E-state index in [1.165, 1.54) is 10.6 Å². The van der Waals surface area contributed by atoms with Gasteiger partial charge < -0.3 is 10.2 Å². The molecule has 2 aromatic rings. The second kappa shape index (κ2) is 13.4. The molecule has 0 fully saturated rings. The molecule has 0 saturated heterocycles. The smallest absolute Gasteiger partial charge is 0.243 e. The molecule has 8 heteroatoms. The van der Waals surface area contributed by atoms with Gasteiger partial charge in [0.1, 0.15) is 6.04 Å². The second-order valence-corrected chi connectivity index (χ2v) is 11.5. The Hall–Kier alpha value is -2.87. The quantitative estimate of drug-likeness (QED) is 0.427. The number of nitrogens with zero attached hydrogens (tertiary/aromatic N) is 2. The van der Waals surface area contributed by atoms with Crippen molar-refractivity contribution in [2.24, 2.45) is 0 Å². The average molecular weight is 516 g/mol. The van der Waals surface area contributed by atoms with E-state index < -0.39 is 16.1 Å². The zero-order valence-electron chi connectivity index (χ0n) is 22.5. The molecule has 198 valence electrons. The lowest BCUT2D eigenvalue weighted by atomic mass is 10.1. The number of hydrogen-bond acceptors (Lipinski definition) is 4. The lowest BCUT2D eigenvalue weighted by Gasteiger charge is -2.31. The Morgan fingerprint density at radius 3 is 2.03 bits per heavy atom. The summed E-state index contributed by atoms with van der Waals surface area (Å²) in [7, 11) is -3.51. The summed E-state index contributed by atoms with van der Waals surface area (Å²) in [5, 5.41) is 2.93. The van der Waals surface area contributed by atoms with Crippen LogP contribution < -0.4 is 9.62 Å². The van der Waals surface area contributed by atoms with E-state index in [4.69, 9.17) is 0 Å². The highest BCUT2D eigenvalue weighted by molar-refractivity contribution is 7.92. The Labute approximate surface area is 216 Å². The summed E-state index contributed by atoms with van der Waals surface area (Å²) in [5.41, 5.74) is 3.77. The van der Waals surface area contributed by atoms with Crippen molar-refractivity contribution in [3.8, 4) is 0 Å². The van der Waals surface area contributed by atoms with Gasteiger partial charge in [-0.3, -0.25) is 13.9 Å². The van der Waals surface area contributed by atoms with Crippen molar-refractivity contribution in [2.75, 3.05) is 17.1 Å². The highest BCUT2D eigenvalue weighted by Gasteiger charge is 2.29. The maximum absolute atomic E-state index is 13.4. The zero-order chi connectivity index (χ0) is 26.9. The van der Waals surface area contributed by atoms with Crippen molar-refractivity contribution in [1.29, 1.82) is 0 Å². The standard InChI is InChI=1S/C28H41N3O4S/c1-7-23-15-17-25(18-16-23)31(36(6,34)35)19-9-10-27(32)30(20-24-13-11-22(5)12-14-24)26(8-2)28(33)29-21(3)4/h11-18,21,26H,7-10,19-20H2,1-6H3,(H,29,33)/t26-/m1/s1. The highest BCUT2D eigenvalue weighted by Crippen LogP contribution is 2.21. The van der Waals surface area contributed by atoms with Gasteiger partial charge in [0.05, 0.1) is 11.9 Å². The fraction of sp³-hybridized carbons (Fsp3) is 0.500. The molecule has 0 heterocycles. The minimum absolute atomic E-state index is 0.0368. The van der Waals surface area contributed by atoms with Crippen LogP contribution in [0.2, 0.25) is 0 Å². The van der Waals surface area contributed by atoms with Crippen LogP contribution in [0.4, 0.5) is 5.69 Å². The van der Waals surface area contributed by atoms with Gasteiger partial charge >= 0.3 is 0 Å². The Morgan fingerprint density at radius 1 is 0.944 bits per heavy atom. The largest absolute Gasteiger partial charge is 0.352 e. The lowest BCUT2D eigenvalue weighted by molar-refractivity contribution is -0.141. The van der Waals surface area contributed by atoms with Crippen molar-refractivity contribution >= 4 is 27.5 Å². The molecule has 2 amide bonds. The monoisotopic (exact) mass is 515 g/mol. The maximum Gasteiger partial charge on any atom is 0.243 e. The number of carbonyl (C=O) groups is 2. The van der Waals surface area contributed by atoms with Crippen LogP contribution in [-0.4, -0.2) is 50.0 Å². The van der Waals surface area contributed by atoms with Gasteiger partial charge in [-0.2, -0.15) is 0 Å². The molecule has 0 aromatic heterocycles. The Kier molecular flexibility index (Phi) is 11.0. The number of amides is 2. The molecule has 2 aromatic carbocycles. The van der Waals surface area contributed by atoms with Crippen LogP contribution in [0.25, 0.3) is 0 Å². The molecule has 0 bridgehead atoms. The summed E-state index contributed by atoms with van der Waals surface area (Å²) >= 11 is 0. The fourth-order valence-electron chi connectivity index (χ4n) is 4.09. The minimum Gasteiger partial charge on any atom is -0.352 e. The minimum atomic E-state index is -3.51. The number of benzene rings is 2. The first-order valence-corrected chi connectivity index (χ1v) is 14.5. The maximum atomic E-state index is 13.4. The molecule has 0 spiro atoms. The van der Waals surface area contributed by atoms with E-state index in [0.29, 0.717) is 25.1 Å². The van der Waals surface area contributed by atoms with Gasteiger partial charge in [-0.25, -0.2) is 8.42 Å². The second-order valence-electron chi connectivity index (χ2n) is 9.55. The van der Waals surface area contributed by atoms with Crippen LogP contribution in [0, 0.1) is 6.92 Å². The van der Waals surface area contributed by atoms with Gasteiger partial charge in [-0.05, 0) is 63.3 Å². The SMILES string of the molecule is CCc1ccc(N(CCCC(=O)N(Cc2ccc(C)cc2)[C@H](CC)C(=O)NC(C)C)S(C)(=O)=O)cc1. The van der Waals surface area contributed by atoms with E-state index >= 15 is 0 Å². The molecule has 0 radical (unpaired) electrons. The molecule has 36 heavy (non-hydrogen) atoms. The van der Waals surface area contributed by atoms with Crippen molar-refractivity contribution in [1.82, 2.24) is 10.2 Å². The first-order chi connectivity index (χ1) is 17.0. The van der Waals surface area contributed by atoms with E-state index in [-0.39, 0.29) is 30.8 Å². The van der Waals surface area contributed by atoms with Gasteiger partial charge in [0.25, 0.3) is 0 Å². The number of hydrogen-bond donors (Lipinski definition) is 1. The molecule has 2 rings (SSSR count). The van der Waals surface area contributed by atoms with Crippen molar-refractivity contribution in [3.63, 3.8) is 0 Å². The Morgan fingerprint density at radius 2 is 1.53 bits per heavy atom. The lowest BCUT2D eigenvalue weighted by Crippen LogP contribution is -2.50.